The molecule has 0 N–H and O–H groups in total. The van der Waals surface area contributed by atoms with Crippen LogP contribution in [0, 0.1) is 6.92 Å². The second-order valence-corrected chi connectivity index (χ2v) is 7.15. The van der Waals surface area contributed by atoms with Crippen molar-refractivity contribution in [3.63, 3.8) is 0 Å². The fourth-order valence-electron chi connectivity index (χ4n) is 1.43. The molecule has 19 heavy (non-hydrogen) atoms. The molecule has 0 saturated carbocycles. The van der Waals surface area contributed by atoms with E-state index in [0.29, 0.717) is 5.75 Å². The van der Waals surface area contributed by atoms with Crippen LogP contribution in [0.4, 0.5) is 0 Å². The summed E-state index contributed by atoms with van der Waals surface area (Å²) in [5.41, 5.74) is 0.962. The Balaban J connectivity index is 2.41. The molecule has 0 unspecified atom stereocenters. The van der Waals surface area contributed by atoms with Gasteiger partial charge in [-0.1, -0.05) is 15.9 Å². The van der Waals surface area contributed by atoms with Crippen LogP contribution in [0.15, 0.2) is 45.9 Å². The predicted molar refractivity (Wildman–Crippen MR) is 76.2 cm³/mol. The lowest BCUT2D eigenvalue weighted by Crippen LogP contribution is -1.98. The Kier molecular flexibility index (Phi) is 4.13. The van der Waals surface area contributed by atoms with Gasteiger partial charge in [0, 0.05) is 21.4 Å². The van der Waals surface area contributed by atoms with Crippen LogP contribution in [0.3, 0.4) is 0 Å². The molecule has 0 radical (unpaired) electrons. The highest BCUT2D eigenvalue weighted by molar-refractivity contribution is 9.10. The van der Waals surface area contributed by atoms with E-state index in [0.717, 1.165) is 10.0 Å². The number of aryl methyl sites for hydroxylation is 1. The van der Waals surface area contributed by atoms with Crippen LogP contribution in [0.25, 0.3) is 0 Å². The van der Waals surface area contributed by atoms with Gasteiger partial charge in [-0.25, -0.2) is 13.4 Å². The Morgan fingerprint density at radius 1 is 1.32 bits per heavy atom. The molecular weight excluding hydrogens is 354 g/mol. The number of benzene rings is 1. The lowest BCUT2D eigenvalue weighted by atomic mass is 10.2. The van der Waals surface area contributed by atoms with E-state index in [4.69, 9.17) is 15.4 Å². The van der Waals surface area contributed by atoms with Crippen molar-refractivity contribution in [3.05, 3.63) is 46.6 Å². The van der Waals surface area contributed by atoms with E-state index in [2.05, 4.69) is 20.9 Å². The Morgan fingerprint density at radius 3 is 2.68 bits per heavy atom. The normalized spacial score (nSPS) is 11.3. The van der Waals surface area contributed by atoms with Gasteiger partial charge in [-0.3, -0.25) is 0 Å². The molecule has 2 rings (SSSR count). The highest BCUT2D eigenvalue weighted by atomic mass is 79.9. The van der Waals surface area contributed by atoms with E-state index in [-0.39, 0.29) is 10.8 Å². The number of ether oxygens (including phenoxy) is 1. The molecule has 4 nitrogen and oxygen atoms in total. The van der Waals surface area contributed by atoms with Gasteiger partial charge in [-0.2, -0.15) is 0 Å². The predicted octanol–water partition coefficient (Wildman–Crippen LogP) is 3.87. The second-order valence-electron chi connectivity index (χ2n) is 3.76. The summed E-state index contributed by atoms with van der Waals surface area (Å²) in [6.45, 7) is 1.90. The van der Waals surface area contributed by atoms with E-state index in [1.54, 1.807) is 12.1 Å². The van der Waals surface area contributed by atoms with E-state index < -0.39 is 9.05 Å². The number of nitrogens with zero attached hydrogens (tertiary/aromatic N) is 1. The third-order valence-electron chi connectivity index (χ3n) is 2.34. The number of hydrogen-bond acceptors (Lipinski definition) is 4. The average molecular weight is 363 g/mol. The van der Waals surface area contributed by atoms with Gasteiger partial charge in [0.25, 0.3) is 9.05 Å². The summed E-state index contributed by atoms with van der Waals surface area (Å²) in [4.78, 5) is 3.74. The first kappa shape index (κ1) is 14.3. The third-order valence-corrected chi connectivity index (χ3v) is 4.57. The van der Waals surface area contributed by atoms with Crippen LogP contribution in [-0.4, -0.2) is 13.4 Å². The summed E-state index contributed by atoms with van der Waals surface area (Å²) in [5.74, 6) is 0.445. The minimum absolute atomic E-state index is 0.0424. The van der Waals surface area contributed by atoms with Crippen LogP contribution in [-0.2, 0) is 9.05 Å². The van der Waals surface area contributed by atoms with Crippen LogP contribution in [0.5, 0.6) is 11.6 Å². The molecule has 0 aliphatic rings. The van der Waals surface area contributed by atoms with Gasteiger partial charge in [0.05, 0.1) is 0 Å². The lowest BCUT2D eigenvalue weighted by Gasteiger charge is -2.08. The summed E-state index contributed by atoms with van der Waals surface area (Å²) < 4.78 is 29.2. The molecule has 0 amide bonds. The van der Waals surface area contributed by atoms with E-state index in [1.165, 1.54) is 18.3 Å². The van der Waals surface area contributed by atoms with E-state index in [9.17, 15) is 8.42 Å². The van der Waals surface area contributed by atoms with Crippen LogP contribution in [0.2, 0.25) is 0 Å². The molecule has 0 fully saturated rings. The molecule has 1 aromatic carbocycles. The molecule has 0 saturated heterocycles. The number of hydrogen-bond donors (Lipinski definition) is 0. The summed E-state index contributed by atoms with van der Waals surface area (Å²) in [6.07, 6.45) is 1.44. The first-order valence-electron chi connectivity index (χ1n) is 5.21. The second kappa shape index (κ2) is 5.48. The zero-order valence-electron chi connectivity index (χ0n) is 9.80. The molecule has 0 aliphatic carbocycles. The SMILES string of the molecule is Cc1cc(Oc2ncccc2S(=O)(=O)Cl)ccc1Br. The minimum Gasteiger partial charge on any atom is -0.438 e. The fourth-order valence-corrected chi connectivity index (χ4v) is 2.57. The molecule has 1 aromatic heterocycles. The Morgan fingerprint density at radius 2 is 2.05 bits per heavy atom. The molecule has 1 heterocycles. The van der Waals surface area contributed by atoms with Crippen molar-refractivity contribution >= 4 is 35.7 Å². The van der Waals surface area contributed by atoms with Gasteiger partial charge in [0.15, 0.2) is 0 Å². The van der Waals surface area contributed by atoms with Gasteiger partial charge in [0.1, 0.15) is 10.6 Å². The standard InChI is InChI=1S/C12H9BrClNO3S/c1-8-7-9(4-5-10(8)13)18-12-11(19(14,16)17)3-2-6-15-12/h2-7H,1H3. The van der Waals surface area contributed by atoms with Crippen molar-refractivity contribution in [1.82, 2.24) is 4.98 Å². The maximum Gasteiger partial charge on any atom is 0.266 e. The van der Waals surface area contributed by atoms with Crippen LogP contribution < -0.4 is 4.74 Å². The van der Waals surface area contributed by atoms with Crippen molar-refractivity contribution < 1.29 is 13.2 Å². The number of aromatic nitrogens is 1. The lowest BCUT2D eigenvalue weighted by molar-refractivity contribution is 0.447. The average Bonchev–Trinajstić information content (AvgIpc) is 2.33. The molecule has 7 heteroatoms. The van der Waals surface area contributed by atoms with Gasteiger partial charge in [-0.05, 0) is 42.8 Å². The van der Waals surface area contributed by atoms with Crippen molar-refractivity contribution in [2.24, 2.45) is 0 Å². The van der Waals surface area contributed by atoms with Gasteiger partial charge in [0.2, 0.25) is 5.88 Å². The largest absolute Gasteiger partial charge is 0.438 e. The van der Waals surface area contributed by atoms with Crippen molar-refractivity contribution in [2.45, 2.75) is 11.8 Å². The van der Waals surface area contributed by atoms with Crippen LogP contribution >= 0.6 is 26.6 Å². The van der Waals surface area contributed by atoms with Crippen molar-refractivity contribution in [3.8, 4) is 11.6 Å². The third kappa shape index (κ3) is 3.46. The quantitative estimate of drug-likeness (QED) is 0.778. The first-order chi connectivity index (χ1) is 8.88. The van der Waals surface area contributed by atoms with E-state index in [1.807, 2.05) is 13.0 Å². The molecule has 0 atom stereocenters. The van der Waals surface area contributed by atoms with Gasteiger partial charge < -0.3 is 4.74 Å². The maximum absolute atomic E-state index is 11.4. The van der Waals surface area contributed by atoms with Crippen molar-refractivity contribution in [1.29, 1.82) is 0 Å². The summed E-state index contributed by atoms with van der Waals surface area (Å²) >= 11 is 3.37. The molecule has 0 spiro atoms. The molecular formula is C12H9BrClNO3S. The monoisotopic (exact) mass is 361 g/mol. The Labute approximate surface area is 123 Å². The number of pyridine rings is 1. The number of halogens is 2. The number of rotatable bonds is 3. The Hall–Kier alpha value is -1.11. The summed E-state index contributed by atoms with van der Waals surface area (Å²) in [6, 6.07) is 8.10. The minimum atomic E-state index is -3.90. The van der Waals surface area contributed by atoms with Gasteiger partial charge >= 0.3 is 0 Å². The summed E-state index contributed by atoms with van der Waals surface area (Å²) in [7, 11) is 1.43. The molecule has 100 valence electrons. The van der Waals surface area contributed by atoms with Crippen LogP contribution in [0.1, 0.15) is 5.56 Å². The molecule has 2 aromatic rings. The topological polar surface area (TPSA) is 56.3 Å². The van der Waals surface area contributed by atoms with E-state index >= 15 is 0 Å². The smallest absolute Gasteiger partial charge is 0.266 e. The zero-order valence-corrected chi connectivity index (χ0v) is 13.0. The molecule has 0 aliphatic heterocycles. The maximum atomic E-state index is 11.4. The fraction of sp³-hybridized carbons (Fsp3) is 0.0833. The summed E-state index contributed by atoms with van der Waals surface area (Å²) in [5, 5.41) is 0. The Bertz CT molecular complexity index is 719. The highest BCUT2D eigenvalue weighted by Gasteiger charge is 2.18. The van der Waals surface area contributed by atoms with Gasteiger partial charge in [-0.15, -0.1) is 0 Å². The highest BCUT2D eigenvalue weighted by Crippen LogP contribution is 2.30. The molecule has 0 bridgehead atoms. The van der Waals surface area contributed by atoms with Crippen molar-refractivity contribution in [2.75, 3.05) is 0 Å². The first-order valence-corrected chi connectivity index (χ1v) is 8.32. The zero-order chi connectivity index (χ0) is 14.0.